The lowest BCUT2D eigenvalue weighted by Crippen LogP contribution is -2.30. The van der Waals surface area contributed by atoms with Gasteiger partial charge < -0.3 is 15.4 Å². The van der Waals surface area contributed by atoms with Crippen molar-refractivity contribution < 1.29 is 5.11 Å². The first-order chi connectivity index (χ1) is 8.69. The van der Waals surface area contributed by atoms with E-state index in [1.54, 1.807) is 0 Å². The molecule has 0 saturated heterocycles. The molecule has 3 N–H and O–H groups in total. The fraction of sp³-hybridized carbons (Fsp3) is 0.692. The summed E-state index contributed by atoms with van der Waals surface area (Å²) in [6.45, 7) is 2.63. The van der Waals surface area contributed by atoms with Crippen LogP contribution < -0.4 is 10.9 Å². The van der Waals surface area contributed by atoms with Crippen molar-refractivity contribution in [3.8, 4) is 0 Å². The van der Waals surface area contributed by atoms with E-state index in [4.69, 9.17) is 0 Å². The highest BCUT2D eigenvalue weighted by Crippen LogP contribution is 2.24. The van der Waals surface area contributed by atoms with Gasteiger partial charge in [0.15, 0.2) is 0 Å². The maximum absolute atomic E-state index is 11.4. The summed E-state index contributed by atoms with van der Waals surface area (Å²) in [5.41, 5.74) is -0.131. The molecule has 1 aliphatic rings. The minimum Gasteiger partial charge on any atom is -0.393 e. The molecule has 5 heteroatoms. The van der Waals surface area contributed by atoms with Crippen LogP contribution in [0.15, 0.2) is 10.9 Å². The predicted octanol–water partition coefficient (Wildman–Crippen LogP) is 1.30. The van der Waals surface area contributed by atoms with Gasteiger partial charge in [-0.2, -0.15) is 0 Å². The maximum Gasteiger partial charge on any atom is 0.252 e. The number of anilines is 1. The number of nitrogens with one attached hydrogen (secondary N) is 2. The molecule has 5 nitrogen and oxygen atoms in total. The Hall–Kier alpha value is -1.36. The predicted molar refractivity (Wildman–Crippen MR) is 70.7 cm³/mol. The Morgan fingerprint density at radius 1 is 1.50 bits per heavy atom. The first-order valence-corrected chi connectivity index (χ1v) is 6.71. The number of aliphatic hydroxyl groups is 1. The van der Waals surface area contributed by atoms with Crippen molar-refractivity contribution in [2.24, 2.45) is 5.92 Å². The van der Waals surface area contributed by atoms with E-state index in [2.05, 4.69) is 15.3 Å². The molecule has 0 aromatic carbocycles. The van der Waals surface area contributed by atoms with Crippen molar-refractivity contribution in [1.29, 1.82) is 0 Å². The van der Waals surface area contributed by atoms with Gasteiger partial charge in [-0.3, -0.25) is 4.79 Å². The summed E-state index contributed by atoms with van der Waals surface area (Å²) in [4.78, 5) is 18.4. The number of aliphatic hydroxyl groups excluding tert-OH is 1. The molecule has 1 heterocycles. The smallest absolute Gasteiger partial charge is 0.252 e. The first-order valence-electron chi connectivity index (χ1n) is 6.71. The number of nitrogens with zero attached hydrogens (tertiary/aromatic N) is 1. The van der Waals surface area contributed by atoms with E-state index in [9.17, 15) is 9.90 Å². The Labute approximate surface area is 107 Å². The fourth-order valence-electron chi connectivity index (χ4n) is 2.43. The van der Waals surface area contributed by atoms with Gasteiger partial charge >= 0.3 is 0 Å². The highest BCUT2D eigenvalue weighted by atomic mass is 16.3. The van der Waals surface area contributed by atoms with E-state index in [1.165, 1.54) is 12.5 Å². The van der Waals surface area contributed by atoms with Crippen LogP contribution in [0.2, 0.25) is 0 Å². The Morgan fingerprint density at radius 2 is 2.28 bits per heavy atom. The van der Waals surface area contributed by atoms with Crippen LogP contribution in [0.1, 0.15) is 38.4 Å². The normalized spacial score (nSPS) is 23.9. The van der Waals surface area contributed by atoms with Gasteiger partial charge in [-0.25, -0.2) is 4.98 Å². The molecule has 0 radical (unpaired) electrons. The lowest BCUT2D eigenvalue weighted by molar-refractivity contribution is 0.0763. The average molecular weight is 251 g/mol. The van der Waals surface area contributed by atoms with Crippen LogP contribution >= 0.6 is 0 Å². The quantitative estimate of drug-likeness (QED) is 0.753. The summed E-state index contributed by atoms with van der Waals surface area (Å²) in [7, 11) is 0. The zero-order chi connectivity index (χ0) is 13.0. The molecular formula is C13H21N3O2. The molecule has 100 valence electrons. The van der Waals surface area contributed by atoms with Gasteiger partial charge in [0.1, 0.15) is 11.6 Å². The molecule has 2 atom stereocenters. The third kappa shape index (κ3) is 3.32. The molecular weight excluding hydrogens is 230 g/mol. The van der Waals surface area contributed by atoms with E-state index in [-0.39, 0.29) is 17.6 Å². The van der Waals surface area contributed by atoms with Gasteiger partial charge in [0.2, 0.25) is 0 Å². The van der Waals surface area contributed by atoms with Crippen LogP contribution in [0, 0.1) is 5.92 Å². The number of H-pyrrole nitrogens is 1. The summed E-state index contributed by atoms with van der Waals surface area (Å²) in [6, 6.07) is 1.47. The number of hydrogen-bond acceptors (Lipinski definition) is 4. The van der Waals surface area contributed by atoms with E-state index in [0.29, 0.717) is 24.6 Å². The van der Waals surface area contributed by atoms with Crippen LogP contribution in [-0.4, -0.2) is 27.7 Å². The van der Waals surface area contributed by atoms with Crippen molar-refractivity contribution in [2.75, 3.05) is 11.9 Å². The molecule has 2 unspecified atom stereocenters. The summed E-state index contributed by atoms with van der Waals surface area (Å²) in [6.07, 6.45) is 4.69. The standard InChI is InChI=1S/C13H21N3O2/c1-2-11-15-12(7-13(18)16-11)14-8-9-5-3-4-6-10(9)17/h7,9-10,17H,2-6,8H2,1H3,(H2,14,15,16,18). The number of rotatable bonds is 4. The molecule has 1 aromatic heterocycles. The van der Waals surface area contributed by atoms with Gasteiger partial charge in [-0.1, -0.05) is 19.8 Å². The minimum absolute atomic E-state index is 0.131. The van der Waals surface area contributed by atoms with Gasteiger partial charge in [0.25, 0.3) is 5.56 Å². The van der Waals surface area contributed by atoms with Crippen LogP contribution in [0.3, 0.4) is 0 Å². The molecule has 1 aromatic rings. The fourth-order valence-corrected chi connectivity index (χ4v) is 2.43. The van der Waals surface area contributed by atoms with E-state index in [1.807, 2.05) is 6.92 Å². The van der Waals surface area contributed by atoms with Crippen LogP contribution in [0.25, 0.3) is 0 Å². The third-order valence-electron chi connectivity index (χ3n) is 3.54. The molecule has 1 fully saturated rings. The number of hydrogen-bond donors (Lipinski definition) is 3. The first kappa shape index (κ1) is 13.1. The Bertz CT molecular complexity index is 444. The van der Waals surface area contributed by atoms with Gasteiger partial charge in [0, 0.05) is 24.9 Å². The molecule has 0 aliphatic heterocycles. The number of aromatic amines is 1. The molecule has 1 aliphatic carbocycles. The molecule has 0 amide bonds. The van der Waals surface area contributed by atoms with Crippen LogP contribution in [-0.2, 0) is 6.42 Å². The minimum atomic E-state index is -0.223. The van der Waals surface area contributed by atoms with Crippen molar-refractivity contribution >= 4 is 5.82 Å². The summed E-state index contributed by atoms with van der Waals surface area (Å²) in [5, 5.41) is 13.0. The molecule has 0 bridgehead atoms. The number of aromatic nitrogens is 2. The second-order valence-corrected chi connectivity index (χ2v) is 4.92. The van der Waals surface area contributed by atoms with Gasteiger partial charge in [-0.05, 0) is 12.8 Å². The zero-order valence-electron chi connectivity index (χ0n) is 10.8. The molecule has 2 rings (SSSR count). The molecule has 1 saturated carbocycles. The Balaban J connectivity index is 1.97. The monoisotopic (exact) mass is 251 g/mol. The van der Waals surface area contributed by atoms with E-state index >= 15 is 0 Å². The second kappa shape index (κ2) is 6.00. The van der Waals surface area contributed by atoms with Gasteiger partial charge in [-0.15, -0.1) is 0 Å². The summed E-state index contributed by atoms with van der Waals surface area (Å²) < 4.78 is 0. The van der Waals surface area contributed by atoms with Crippen LogP contribution in [0.5, 0.6) is 0 Å². The lowest BCUT2D eigenvalue weighted by Gasteiger charge is -2.27. The zero-order valence-corrected chi connectivity index (χ0v) is 10.8. The largest absolute Gasteiger partial charge is 0.393 e. The van der Waals surface area contributed by atoms with Crippen molar-refractivity contribution in [3.05, 3.63) is 22.2 Å². The Kier molecular flexibility index (Phi) is 4.36. The Morgan fingerprint density at radius 3 is 3.00 bits per heavy atom. The highest BCUT2D eigenvalue weighted by molar-refractivity contribution is 5.33. The maximum atomic E-state index is 11.4. The lowest BCUT2D eigenvalue weighted by atomic mass is 9.86. The SMILES string of the molecule is CCc1nc(NCC2CCCCC2O)cc(=O)[nH]1. The summed E-state index contributed by atoms with van der Waals surface area (Å²) in [5.74, 6) is 1.56. The van der Waals surface area contributed by atoms with Crippen molar-refractivity contribution in [2.45, 2.75) is 45.1 Å². The highest BCUT2D eigenvalue weighted by Gasteiger charge is 2.22. The van der Waals surface area contributed by atoms with Crippen LogP contribution in [0.4, 0.5) is 5.82 Å². The molecule has 18 heavy (non-hydrogen) atoms. The summed E-state index contributed by atoms with van der Waals surface area (Å²) >= 11 is 0. The average Bonchev–Trinajstić information content (AvgIpc) is 2.37. The van der Waals surface area contributed by atoms with Crippen molar-refractivity contribution in [3.63, 3.8) is 0 Å². The number of aryl methyl sites for hydroxylation is 1. The van der Waals surface area contributed by atoms with Crippen molar-refractivity contribution in [1.82, 2.24) is 9.97 Å². The van der Waals surface area contributed by atoms with Gasteiger partial charge in [0.05, 0.1) is 6.10 Å². The second-order valence-electron chi connectivity index (χ2n) is 4.92. The molecule has 0 spiro atoms. The topological polar surface area (TPSA) is 78.0 Å². The van der Waals surface area contributed by atoms with E-state index < -0.39 is 0 Å². The van der Waals surface area contributed by atoms with E-state index in [0.717, 1.165) is 19.3 Å². The third-order valence-corrected chi connectivity index (χ3v) is 3.54.